The van der Waals surface area contributed by atoms with Crippen LogP contribution in [0.4, 0.5) is 5.69 Å². The molecule has 0 radical (unpaired) electrons. The van der Waals surface area contributed by atoms with Crippen LogP contribution in [-0.4, -0.2) is 26.0 Å². The van der Waals surface area contributed by atoms with Crippen LogP contribution in [0.25, 0.3) is 0 Å². The van der Waals surface area contributed by atoms with Crippen LogP contribution in [-0.2, 0) is 16.4 Å². The van der Waals surface area contributed by atoms with Gasteiger partial charge in [-0.2, -0.15) is 11.8 Å². The van der Waals surface area contributed by atoms with Crippen molar-refractivity contribution in [1.29, 1.82) is 0 Å². The summed E-state index contributed by atoms with van der Waals surface area (Å²) < 4.78 is 27.2. The fourth-order valence-electron chi connectivity index (χ4n) is 1.86. The molecule has 3 N–H and O–H groups in total. The lowest BCUT2D eigenvalue weighted by Gasteiger charge is -2.14. The van der Waals surface area contributed by atoms with Crippen molar-refractivity contribution >= 4 is 27.5 Å². The molecule has 4 nitrogen and oxygen atoms in total. The van der Waals surface area contributed by atoms with Gasteiger partial charge >= 0.3 is 0 Å². The Kier molecular flexibility index (Phi) is 6.85. The molecule has 0 aliphatic heterocycles. The number of nitrogen functional groups attached to an aromatic ring is 1. The van der Waals surface area contributed by atoms with E-state index >= 15 is 0 Å². The molecule has 1 rings (SSSR count). The van der Waals surface area contributed by atoms with Crippen LogP contribution in [0.1, 0.15) is 32.8 Å². The van der Waals surface area contributed by atoms with Gasteiger partial charge in [-0.1, -0.05) is 19.9 Å². The molecule has 1 aromatic rings. The molecule has 20 heavy (non-hydrogen) atoms. The van der Waals surface area contributed by atoms with Gasteiger partial charge < -0.3 is 5.73 Å². The minimum Gasteiger partial charge on any atom is -0.398 e. The monoisotopic (exact) mass is 316 g/mol. The molecule has 1 aromatic carbocycles. The average Bonchev–Trinajstić information content (AvgIpc) is 2.38. The van der Waals surface area contributed by atoms with E-state index in [0.717, 1.165) is 29.9 Å². The van der Waals surface area contributed by atoms with Crippen LogP contribution >= 0.6 is 11.8 Å². The number of benzene rings is 1. The van der Waals surface area contributed by atoms with Gasteiger partial charge in [0.25, 0.3) is 0 Å². The van der Waals surface area contributed by atoms with Crippen LogP contribution in [0.3, 0.4) is 0 Å². The summed E-state index contributed by atoms with van der Waals surface area (Å²) in [6.45, 7) is 5.97. The maximum Gasteiger partial charge on any atom is 0.240 e. The molecule has 1 atom stereocenters. The van der Waals surface area contributed by atoms with Crippen molar-refractivity contribution < 1.29 is 8.42 Å². The second kappa shape index (κ2) is 7.90. The minimum absolute atomic E-state index is 0.0777. The van der Waals surface area contributed by atoms with Gasteiger partial charge in [-0.3, -0.25) is 0 Å². The third-order valence-corrected chi connectivity index (χ3v) is 5.58. The van der Waals surface area contributed by atoms with Crippen molar-refractivity contribution in [3.63, 3.8) is 0 Å². The highest BCUT2D eigenvalue weighted by Crippen LogP contribution is 2.19. The molecule has 0 bridgehead atoms. The molecule has 0 amide bonds. The lowest BCUT2D eigenvalue weighted by Crippen LogP contribution is -2.33. The Labute approximate surface area is 126 Å². The molecular weight excluding hydrogens is 292 g/mol. The Balaban J connectivity index is 2.75. The number of hydrogen-bond donors (Lipinski definition) is 2. The van der Waals surface area contributed by atoms with E-state index in [9.17, 15) is 8.42 Å². The lowest BCUT2D eigenvalue weighted by atomic mass is 10.1. The van der Waals surface area contributed by atoms with E-state index in [4.69, 9.17) is 5.73 Å². The molecule has 0 aliphatic carbocycles. The summed E-state index contributed by atoms with van der Waals surface area (Å²) in [7, 11) is -3.48. The van der Waals surface area contributed by atoms with Crippen LogP contribution in [0, 0.1) is 0 Å². The number of nitrogens with two attached hydrogens (primary N) is 1. The van der Waals surface area contributed by atoms with Crippen LogP contribution in [0.5, 0.6) is 0 Å². The maximum atomic E-state index is 12.3. The molecule has 0 heterocycles. The largest absolute Gasteiger partial charge is 0.398 e. The van der Waals surface area contributed by atoms with E-state index in [1.54, 1.807) is 12.1 Å². The van der Waals surface area contributed by atoms with E-state index in [-0.39, 0.29) is 10.9 Å². The maximum absolute atomic E-state index is 12.3. The third kappa shape index (κ3) is 5.00. The van der Waals surface area contributed by atoms with Gasteiger partial charge in [0.15, 0.2) is 0 Å². The summed E-state index contributed by atoms with van der Waals surface area (Å²) in [4.78, 5) is 0.238. The highest BCUT2D eigenvalue weighted by Gasteiger charge is 2.18. The minimum atomic E-state index is -3.48. The van der Waals surface area contributed by atoms with Gasteiger partial charge in [0, 0.05) is 11.7 Å². The van der Waals surface area contributed by atoms with Crippen molar-refractivity contribution in [3.8, 4) is 0 Å². The number of thioether (sulfide) groups is 1. The zero-order valence-electron chi connectivity index (χ0n) is 12.3. The summed E-state index contributed by atoms with van der Waals surface area (Å²) in [5.41, 5.74) is 7.36. The molecule has 0 fully saturated rings. The number of sulfonamides is 1. The molecule has 114 valence electrons. The Hall–Kier alpha value is -0.720. The first-order valence-corrected chi connectivity index (χ1v) is 9.53. The number of nitrogens with one attached hydrogen (secondary N) is 1. The van der Waals surface area contributed by atoms with E-state index < -0.39 is 10.0 Å². The van der Waals surface area contributed by atoms with Gasteiger partial charge in [-0.05, 0) is 49.0 Å². The smallest absolute Gasteiger partial charge is 0.240 e. The number of anilines is 1. The molecular formula is C14H24N2O2S2. The van der Waals surface area contributed by atoms with E-state index in [2.05, 4.69) is 11.6 Å². The van der Waals surface area contributed by atoms with E-state index in [0.29, 0.717) is 5.69 Å². The van der Waals surface area contributed by atoms with Crippen molar-refractivity contribution in [2.24, 2.45) is 0 Å². The molecule has 0 saturated heterocycles. The van der Waals surface area contributed by atoms with Gasteiger partial charge in [-0.25, -0.2) is 13.1 Å². The Morgan fingerprint density at radius 1 is 1.35 bits per heavy atom. The summed E-state index contributed by atoms with van der Waals surface area (Å²) in [6.07, 6.45) is 1.62. The number of hydrogen-bond acceptors (Lipinski definition) is 4. The molecule has 6 heteroatoms. The Morgan fingerprint density at radius 3 is 2.60 bits per heavy atom. The van der Waals surface area contributed by atoms with Gasteiger partial charge in [0.05, 0.1) is 4.90 Å². The van der Waals surface area contributed by atoms with Crippen molar-refractivity contribution in [2.45, 2.75) is 44.6 Å². The Bertz CT molecular complexity index is 530. The van der Waals surface area contributed by atoms with Crippen molar-refractivity contribution in [3.05, 3.63) is 23.8 Å². The number of rotatable bonds is 8. The standard InChI is InChI=1S/C14H24N2O2S2/c1-4-12-6-7-13(10-14(12)15)20(17,18)16-11(3)8-9-19-5-2/h6-7,10-11,16H,4-5,8-9,15H2,1-3H3. The first-order valence-electron chi connectivity index (χ1n) is 6.89. The first kappa shape index (κ1) is 17.3. The topological polar surface area (TPSA) is 72.2 Å². The molecule has 0 saturated carbocycles. The summed E-state index contributed by atoms with van der Waals surface area (Å²) in [5.74, 6) is 2.01. The van der Waals surface area contributed by atoms with Crippen molar-refractivity contribution in [1.82, 2.24) is 4.72 Å². The van der Waals surface area contributed by atoms with Crippen LogP contribution < -0.4 is 10.5 Å². The molecule has 0 aliphatic rings. The highest BCUT2D eigenvalue weighted by atomic mass is 32.2. The highest BCUT2D eigenvalue weighted by molar-refractivity contribution is 7.99. The predicted molar refractivity (Wildman–Crippen MR) is 87.6 cm³/mol. The quantitative estimate of drug-likeness (QED) is 0.571. The summed E-state index contributed by atoms with van der Waals surface area (Å²) in [6, 6.07) is 4.85. The lowest BCUT2D eigenvalue weighted by molar-refractivity contribution is 0.557. The normalized spacial score (nSPS) is 13.3. The van der Waals surface area contributed by atoms with Crippen molar-refractivity contribution in [2.75, 3.05) is 17.2 Å². The molecule has 1 unspecified atom stereocenters. The summed E-state index contributed by atoms with van der Waals surface area (Å²) in [5, 5.41) is 0. The number of aryl methyl sites for hydroxylation is 1. The molecule has 0 spiro atoms. The first-order chi connectivity index (χ1) is 9.40. The predicted octanol–water partition coefficient (Wildman–Crippen LogP) is 2.64. The van der Waals surface area contributed by atoms with Crippen LogP contribution in [0.2, 0.25) is 0 Å². The second-order valence-electron chi connectivity index (χ2n) is 4.72. The van der Waals surface area contributed by atoms with Gasteiger partial charge in [0.1, 0.15) is 0 Å². The van der Waals surface area contributed by atoms with Gasteiger partial charge in [-0.15, -0.1) is 0 Å². The summed E-state index contributed by atoms with van der Waals surface area (Å²) >= 11 is 1.81. The van der Waals surface area contributed by atoms with E-state index in [1.165, 1.54) is 6.07 Å². The average molecular weight is 316 g/mol. The zero-order valence-corrected chi connectivity index (χ0v) is 14.0. The SMILES string of the molecule is CCSCCC(C)NS(=O)(=O)c1ccc(CC)c(N)c1. The zero-order chi connectivity index (χ0) is 15.2. The van der Waals surface area contributed by atoms with Crippen LogP contribution in [0.15, 0.2) is 23.1 Å². The van der Waals surface area contributed by atoms with Gasteiger partial charge in [0.2, 0.25) is 10.0 Å². The third-order valence-electron chi connectivity index (χ3n) is 3.06. The van der Waals surface area contributed by atoms with E-state index in [1.807, 2.05) is 25.6 Å². The Morgan fingerprint density at radius 2 is 2.05 bits per heavy atom. The molecule has 0 aromatic heterocycles. The fourth-order valence-corrected chi connectivity index (χ4v) is 3.98. The fraction of sp³-hybridized carbons (Fsp3) is 0.571. The second-order valence-corrected chi connectivity index (χ2v) is 7.83.